The fourth-order valence-electron chi connectivity index (χ4n) is 3.06. The van der Waals surface area contributed by atoms with E-state index in [0.29, 0.717) is 12.6 Å². The van der Waals surface area contributed by atoms with Gasteiger partial charge in [0.25, 0.3) is 0 Å². The Hall–Kier alpha value is -2.34. The van der Waals surface area contributed by atoms with Crippen molar-refractivity contribution < 1.29 is 9.53 Å². The quantitative estimate of drug-likeness (QED) is 0.712. The molecule has 140 valence electrons. The molecule has 0 radical (unpaired) electrons. The smallest absolute Gasteiger partial charge is 0.406 e. The minimum absolute atomic E-state index is 0.236. The second-order valence-corrected chi connectivity index (χ2v) is 6.94. The number of benzene rings is 1. The summed E-state index contributed by atoms with van der Waals surface area (Å²) in [4.78, 5) is 11.2. The molecule has 0 unspecified atom stereocenters. The van der Waals surface area contributed by atoms with E-state index in [-0.39, 0.29) is 12.1 Å². The van der Waals surface area contributed by atoms with Crippen molar-refractivity contribution in [2.45, 2.75) is 51.6 Å². The van der Waals surface area contributed by atoms with Crippen molar-refractivity contribution in [3.8, 4) is 5.69 Å². The number of nitrogens with zero attached hydrogens (tertiary/aromatic N) is 2. The highest BCUT2D eigenvalue weighted by atomic mass is 16.5. The lowest BCUT2D eigenvalue weighted by atomic mass is 10.1. The topological polar surface area (TPSA) is 68.2 Å². The van der Waals surface area contributed by atoms with Crippen LogP contribution in [-0.2, 0) is 11.2 Å². The number of carbonyl (C=O) groups excluding carboxylic acids is 1. The Morgan fingerprint density at radius 3 is 2.85 bits per heavy atom. The van der Waals surface area contributed by atoms with Crippen LogP contribution in [0, 0.1) is 6.92 Å². The van der Waals surface area contributed by atoms with Gasteiger partial charge in [-0.05, 0) is 57.2 Å². The van der Waals surface area contributed by atoms with E-state index in [2.05, 4.69) is 47.4 Å². The number of nitrogens with one attached hydrogen (secondary N) is 2. The summed E-state index contributed by atoms with van der Waals surface area (Å²) in [6.45, 7) is 4.85. The van der Waals surface area contributed by atoms with Crippen LogP contribution in [0.15, 0.2) is 30.3 Å². The summed E-state index contributed by atoms with van der Waals surface area (Å²) in [7, 11) is 1.38. The van der Waals surface area contributed by atoms with Crippen molar-refractivity contribution in [3.05, 3.63) is 47.3 Å². The number of hydrogen-bond acceptors (Lipinski definition) is 4. The molecule has 0 aliphatic heterocycles. The van der Waals surface area contributed by atoms with E-state index in [1.165, 1.54) is 25.5 Å². The van der Waals surface area contributed by atoms with Crippen LogP contribution < -0.4 is 10.6 Å². The number of rotatable bonds is 8. The van der Waals surface area contributed by atoms with Crippen molar-refractivity contribution >= 4 is 6.09 Å². The van der Waals surface area contributed by atoms with Crippen molar-refractivity contribution in [1.29, 1.82) is 0 Å². The van der Waals surface area contributed by atoms with E-state index in [0.717, 1.165) is 29.9 Å². The average molecular weight is 356 g/mol. The minimum atomic E-state index is -0.389. The van der Waals surface area contributed by atoms with E-state index in [4.69, 9.17) is 5.10 Å². The van der Waals surface area contributed by atoms with Crippen LogP contribution in [0.5, 0.6) is 0 Å². The molecular formula is C20H28N4O2. The predicted molar refractivity (Wildman–Crippen MR) is 102 cm³/mol. The molecule has 6 heteroatoms. The molecule has 0 bridgehead atoms. The Morgan fingerprint density at radius 2 is 2.15 bits per heavy atom. The first-order chi connectivity index (χ1) is 12.6. The summed E-state index contributed by atoms with van der Waals surface area (Å²) in [5.41, 5.74) is 4.52. The number of carbonyl (C=O) groups is 1. The summed E-state index contributed by atoms with van der Waals surface area (Å²) in [6, 6.07) is 11.3. The molecule has 1 fully saturated rings. The molecule has 1 aromatic heterocycles. The van der Waals surface area contributed by atoms with Crippen LogP contribution in [0.2, 0.25) is 0 Å². The SMILES string of the molecule is COC(=O)NCCCc1cc([C@@H](C)NC2CC2)nn1-c1ccccc1C. The standard InChI is InChI=1S/C20H28N4O2/c1-14-7-4-5-9-19(14)24-17(8-6-12-21-20(25)26-3)13-18(23-24)15(2)22-16-10-11-16/h4-5,7,9,13,15-16,22H,6,8,10-12H2,1-3H3,(H,21,25)/t15-/m1/s1. The van der Waals surface area contributed by atoms with Gasteiger partial charge in [0.2, 0.25) is 0 Å². The molecule has 1 saturated carbocycles. The number of alkyl carbamates (subject to hydrolysis) is 1. The minimum Gasteiger partial charge on any atom is -0.453 e. The Kier molecular flexibility index (Phi) is 5.93. The lowest BCUT2D eigenvalue weighted by Gasteiger charge is -2.11. The molecule has 0 spiro atoms. The molecule has 1 aromatic carbocycles. The second-order valence-electron chi connectivity index (χ2n) is 6.94. The lowest BCUT2D eigenvalue weighted by Crippen LogP contribution is -2.24. The number of amides is 1. The van der Waals surface area contributed by atoms with Crippen molar-refractivity contribution in [1.82, 2.24) is 20.4 Å². The zero-order valence-electron chi connectivity index (χ0n) is 15.8. The number of aromatic nitrogens is 2. The van der Waals surface area contributed by atoms with Gasteiger partial charge in [-0.15, -0.1) is 0 Å². The first kappa shape index (κ1) is 18.5. The Morgan fingerprint density at radius 1 is 1.38 bits per heavy atom. The molecule has 1 atom stereocenters. The van der Waals surface area contributed by atoms with E-state index in [9.17, 15) is 4.79 Å². The lowest BCUT2D eigenvalue weighted by molar-refractivity contribution is 0.171. The van der Waals surface area contributed by atoms with Gasteiger partial charge >= 0.3 is 6.09 Å². The molecule has 2 N–H and O–H groups in total. The summed E-state index contributed by atoms with van der Waals surface area (Å²) in [5.74, 6) is 0. The number of hydrogen-bond donors (Lipinski definition) is 2. The normalized spacial score (nSPS) is 14.9. The molecule has 1 aliphatic rings. The van der Waals surface area contributed by atoms with Crippen molar-refractivity contribution in [3.63, 3.8) is 0 Å². The van der Waals surface area contributed by atoms with Crippen molar-refractivity contribution in [2.75, 3.05) is 13.7 Å². The summed E-state index contributed by atoms with van der Waals surface area (Å²) >= 11 is 0. The van der Waals surface area contributed by atoms with E-state index >= 15 is 0 Å². The number of methoxy groups -OCH3 is 1. The molecule has 1 aliphatic carbocycles. The zero-order valence-corrected chi connectivity index (χ0v) is 15.8. The van der Waals surface area contributed by atoms with Crippen LogP contribution in [0.25, 0.3) is 5.69 Å². The fraction of sp³-hybridized carbons (Fsp3) is 0.500. The van der Waals surface area contributed by atoms with Crippen LogP contribution in [0.1, 0.15) is 49.2 Å². The molecule has 1 amide bonds. The third-order valence-electron chi connectivity index (χ3n) is 4.72. The van der Waals surface area contributed by atoms with Gasteiger partial charge in [-0.3, -0.25) is 0 Å². The molecule has 1 heterocycles. The second kappa shape index (κ2) is 8.36. The molecule has 26 heavy (non-hydrogen) atoms. The van der Waals surface area contributed by atoms with Gasteiger partial charge in [-0.2, -0.15) is 5.10 Å². The van der Waals surface area contributed by atoms with Gasteiger partial charge in [0.05, 0.1) is 18.5 Å². The molecule has 0 saturated heterocycles. The zero-order chi connectivity index (χ0) is 18.5. The number of para-hydroxylation sites is 1. The first-order valence-electron chi connectivity index (χ1n) is 9.31. The highest BCUT2D eigenvalue weighted by molar-refractivity contribution is 5.66. The monoisotopic (exact) mass is 356 g/mol. The maximum atomic E-state index is 11.2. The average Bonchev–Trinajstić information content (AvgIpc) is 3.35. The van der Waals surface area contributed by atoms with E-state index in [1.807, 2.05) is 16.8 Å². The summed E-state index contributed by atoms with van der Waals surface area (Å²) < 4.78 is 6.66. The van der Waals surface area contributed by atoms with Gasteiger partial charge in [0.15, 0.2) is 0 Å². The van der Waals surface area contributed by atoms with Crippen LogP contribution >= 0.6 is 0 Å². The fourth-order valence-corrected chi connectivity index (χ4v) is 3.06. The summed E-state index contributed by atoms with van der Waals surface area (Å²) in [6.07, 6.45) is 3.79. The largest absolute Gasteiger partial charge is 0.453 e. The van der Waals surface area contributed by atoms with Crippen LogP contribution in [0.3, 0.4) is 0 Å². The third kappa shape index (κ3) is 4.64. The Bertz CT molecular complexity index is 752. The van der Waals surface area contributed by atoms with Crippen LogP contribution in [-0.4, -0.2) is 35.6 Å². The highest BCUT2D eigenvalue weighted by Crippen LogP contribution is 2.25. The van der Waals surface area contributed by atoms with Gasteiger partial charge in [-0.25, -0.2) is 9.48 Å². The first-order valence-corrected chi connectivity index (χ1v) is 9.31. The van der Waals surface area contributed by atoms with E-state index < -0.39 is 0 Å². The van der Waals surface area contributed by atoms with Gasteiger partial charge in [-0.1, -0.05) is 18.2 Å². The summed E-state index contributed by atoms with van der Waals surface area (Å²) in [5, 5.41) is 11.2. The molecule has 6 nitrogen and oxygen atoms in total. The van der Waals surface area contributed by atoms with Gasteiger partial charge in [0, 0.05) is 24.3 Å². The molecule has 3 rings (SSSR count). The highest BCUT2D eigenvalue weighted by Gasteiger charge is 2.25. The van der Waals surface area contributed by atoms with Gasteiger partial charge in [0.1, 0.15) is 0 Å². The van der Waals surface area contributed by atoms with Crippen molar-refractivity contribution in [2.24, 2.45) is 0 Å². The molecular weight excluding hydrogens is 328 g/mol. The Labute approximate surface area is 154 Å². The third-order valence-corrected chi connectivity index (χ3v) is 4.72. The Balaban J connectivity index is 1.77. The molecule has 2 aromatic rings. The number of ether oxygens (including phenoxy) is 1. The van der Waals surface area contributed by atoms with Gasteiger partial charge < -0.3 is 15.4 Å². The predicted octanol–water partition coefficient (Wildman–Crippen LogP) is 3.28. The van der Waals surface area contributed by atoms with Crippen LogP contribution in [0.4, 0.5) is 4.79 Å². The number of aryl methyl sites for hydroxylation is 2. The maximum absolute atomic E-state index is 11.2. The maximum Gasteiger partial charge on any atom is 0.406 e. The van der Waals surface area contributed by atoms with E-state index in [1.54, 1.807) is 0 Å².